The van der Waals surface area contributed by atoms with E-state index >= 15 is 0 Å². The first-order valence-corrected chi connectivity index (χ1v) is 52.1. The number of sulfone groups is 4. The van der Waals surface area contributed by atoms with Gasteiger partial charge >= 0.3 is 68.1 Å². The van der Waals surface area contributed by atoms with Crippen LogP contribution in [0, 0.1) is 46.5 Å². The van der Waals surface area contributed by atoms with E-state index in [0.717, 1.165) is 92.7 Å². The highest BCUT2D eigenvalue weighted by molar-refractivity contribution is 7.94. The molecule has 748 valence electrons. The molecule has 4 aliphatic carbocycles. The highest BCUT2D eigenvalue weighted by Crippen LogP contribution is 2.60. The normalized spacial score (nSPS) is 22.6. The lowest BCUT2D eigenvalue weighted by atomic mass is 9.74. The third kappa shape index (κ3) is 21.4. The van der Waals surface area contributed by atoms with E-state index in [9.17, 15) is 160 Å². The summed E-state index contributed by atoms with van der Waals surface area (Å²) in [6, 6.07) is 21.1. The Kier molecular flexibility index (Phi) is 32.8. The van der Waals surface area contributed by atoms with Crippen LogP contribution in [-0.4, -0.2) is 191 Å². The minimum Gasteiger partial charge on any atom is -0.468 e. The second kappa shape index (κ2) is 40.4. The van der Waals surface area contributed by atoms with Crippen molar-refractivity contribution in [2.75, 3.05) is 47.5 Å². The van der Waals surface area contributed by atoms with Gasteiger partial charge in [-0.25, -0.2) is 102 Å². The molecule has 13 rings (SSSR count). The molecular formula is C80H72Cl4F20N4O20S8. The maximum Gasteiger partial charge on any atom is 0.511 e. The predicted octanol–water partition coefficient (Wildman–Crippen LogP) is 17.4. The number of hydrogen-bond donors (Lipinski definition) is 0. The number of hydrogen-bond acceptors (Lipinski definition) is 20. The second-order valence-corrected chi connectivity index (χ2v) is 49.8. The molecule has 8 aromatic carbocycles. The number of benzene rings is 8. The summed E-state index contributed by atoms with van der Waals surface area (Å²) in [5, 5.41) is 0.748. The fraction of sp³-hybridized carbons (Fsp3) is 0.388. The minimum atomic E-state index is -6.12. The van der Waals surface area contributed by atoms with Crippen molar-refractivity contribution in [3.05, 3.63) is 259 Å². The summed E-state index contributed by atoms with van der Waals surface area (Å²) >= 11 is 23.1. The summed E-state index contributed by atoms with van der Waals surface area (Å²) in [6.07, 6.45) is -4.80. The summed E-state index contributed by atoms with van der Waals surface area (Å²) in [6.45, 7) is -2.19. The lowest BCUT2D eigenvalue weighted by Crippen LogP contribution is -2.61. The van der Waals surface area contributed by atoms with Gasteiger partial charge in [0.05, 0.1) is 33.3 Å². The number of ether oxygens (including phenoxy) is 3. The Morgan fingerprint density at radius 1 is 0.360 bits per heavy atom. The van der Waals surface area contributed by atoms with E-state index in [2.05, 4.69) is 4.74 Å². The van der Waals surface area contributed by atoms with Crippen molar-refractivity contribution in [1.29, 1.82) is 0 Å². The fourth-order valence-electron chi connectivity index (χ4n) is 16.0. The Bertz CT molecular complexity index is 6580. The molecule has 1 unspecified atom stereocenters. The van der Waals surface area contributed by atoms with E-state index in [1.807, 2.05) is 0 Å². The zero-order chi connectivity index (χ0) is 102. The molecule has 0 bridgehead atoms. The summed E-state index contributed by atoms with van der Waals surface area (Å²) < 4.78 is 484. The molecule has 5 fully saturated rings. The molecule has 24 nitrogen and oxygen atoms in total. The fourth-order valence-corrected chi connectivity index (χ4v) is 29.3. The SMILES string of the molecule is CN(C1CC(c2cc(F)ccc2F)(S(=O)(=O)c2ccc(Cl)cc2)C1)S(=O)(=O)C(F)(F)F.CN(C1CC(c2cc(F)ccc2F)(S(=O)(=O)c2ccc(Cl)cc2)C1)S(=O)(=O)C(F)(F)F.COC(=O)CN(C1CC(c2cc(F)ccc2F)(S(=O)(=O)c2ccc(Cl)cc2)C1)S(=O)(=O)C(F)(F)F.O=S(=O)(c1ccc(Cl)cc1)C1(c2cc(F)ccc2F)CC(N(CCOC2CCCCO2)S(=O)(=O)C(F)(F)F)C1. The molecule has 4 saturated carbocycles. The first-order chi connectivity index (χ1) is 62.5. The minimum absolute atomic E-state index is 0.0137. The summed E-state index contributed by atoms with van der Waals surface area (Å²) in [5.74, 6) is -9.68. The van der Waals surface area contributed by atoms with E-state index in [4.69, 9.17) is 55.9 Å². The van der Waals surface area contributed by atoms with Gasteiger partial charge in [0.2, 0.25) is 0 Å². The van der Waals surface area contributed by atoms with E-state index in [1.54, 1.807) is 0 Å². The van der Waals surface area contributed by atoms with Gasteiger partial charge in [-0.05, 0) is 240 Å². The molecule has 0 amide bonds. The van der Waals surface area contributed by atoms with Gasteiger partial charge in [0.1, 0.15) is 72.1 Å². The van der Waals surface area contributed by atoms with Gasteiger partial charge in [0, 0.05) is 93.8 Å². The van der Waals surface area contributed by atoms with E-state index in [1.165, 1.54) is 48.5 Å². The third-order valence-corrected chi connectivity index (χ3v) is 40.9. The van der Waals surface area contributed by atoms with Gasteiger partial charge in [0.15, 0.2) is 45.6 Å². The van der Waals surface area contributed by atoms with Crippen molar-refractivity contribution in [2.24, 2.45) is 0 Å². The first kappa shape index (κ1) is 110. The lowest BCUT2D eigenvalue weighted by Gasteiger charge is -2.50. The van der Waals surface area contributed by atoms with Crippen LogP contribution in [0.1, 0.15) is 92.9 Å². The zero-order valence-corrected chi connectivity index (χ0v) is 79.0. The van der Waals surface area contributed by atoms with Crippen LogP contribution in [0.25, 0.3) is 0 Å². The van der Waals surface area contributed by atoms with Crippen molar-refractivity contribution in [1.82, 2.24) is 17.2 Å². The Labute approximate surface area is 785 Å². The number of halogens is 24. The molecule has 0 radical (unpaired) electrons. The van der Waals surface area contributed by atoms with Crippen molar-refractivity contribution < 1.29 is 174 Å². The average Bonchev–Trinajstić information content (AvgIpc) is 0.718. The van der Waals surface area contributed by atoms with Crippen LogP contribution in [0.15, 0.2) is 189 Å². The quantitative estimate of drug-likeness (QED) is 0.0359. The van der Waals surface area contributed by atoms with Gasteiger partial charge in [-0.15, -0.1) is 0 Å². The van der Waals surface area contributed by atoms with Gasteiger partial charge in [-0.2, -0.15) is 69.9 Å². The molecule has 1 heterocycles. The largest absolute Gasteiger partial charge is 0.511 e. The second-order valence-electron chi connectivity index (χ2n) is 31.3. The van der Waals surface area contributed by atoms with Crippen molar-refractivity contribution in [2.45, 2.75) is 162 Å². The Balaban J connectivity index is 0.000000188. The number of methoxy groups -OCH3 is 1. The Hall–Kier alpha value is -7.65. The molecule has 1 atom stereocenters. The topological polar surface area (TPSA) is 331 Å². The maximum atomic E-state index is 15.0. The van der Waals surface area contributed by atoms with Gasteiger partial charge < -0.3 is 14.2 Å². The molecule has 0 spiro atoms. The number of alkyl halides is 12. The third-order valence-electron chi connectivity index (χ3n) is 23.4. The number of carbonyl (C=O) groups excluding carboxylic acids is 1. The molecule has 56 heteroatoms. The van der Waals surface area contributed by atoms with E-state index in [0.29, 0.717) is 75.7 Å². The average molecular weight is 2190 g/mol. The number of sulfonamides is 4. The monoisotopic (exact) mass is 2180 g/mol. The van der Waals surface area contributed by atoms with Crippen molar-refractivity contribution in [3.8, 4) is 0 Å². The van der Waals surface area contributed by atoms with E-state index in [-0.39, 0.29) is 52.0 Å². The molecule has 5 aliphatic rings. The number of rotatable bonds is 26. The van der Waals surface area contributed by atoms with Crippen LogP contribution in [0.2, 0.25) is 20.1 Å². The summed E-state index contributed by atoms with van der Waals surface area (Å²) in [4.78, 5) is 10.3. The maximum absolute atomic E-state index is 15.0. The number of carbonyl (C=O) groups is 1. The van der Waals surface area contributed by atoms with Crippen molar-refractivity contribution in [3.63, 3.8) is 0 Å². The van der Waals surface area contributed by atoms with Gasteiger partial charge in [-0.3, -0.25) is 4.79 Å². The van der Waals surface area contributed by atoms with Crippen LogP contribution in [0.3, 0.4) is 0 Å². The summed E-state index contributed by atoms with van der Waals surface area (Å²) in [7, 11) is -39.6. The number of nitrogens with zero attached hydrogens (tertiary/aromatic N) is 4. The zero-order valence-electron chi connectivity index (χ0n) is 69.5. The van der Waals surface area contributed by atoms with Crippen LogP contribution in [0.4, 0.5) is 87.8 Å². The van der Waals surface area contributed by atoms with E-state index < -0.39 is 302 Å². The smallest absolute Gasteiger partial charge is 0.468 e. The van der Waals surface area contributed by atoms with Gasteiger partial charge in [0.25, 0.3) is 0 Å². The van der Waals surface area contributed by atoms with Crippen LogP contribution in [-0.2, 0) is 117 Å². The van der Waals surface area contributed by atoms with Crippen LogP contribution in [0.5, 0.6) is 0 Å². The number of esters is 1. The molecule has 136 heavy (non-hydrogen) atoms. The van der Waals surface area contributed by atoms with Gasteiger partial charge in [-0.1, -0.05) is 46.4 Å². The van der Waals surface area contributed by atoms with Crippen LogP contribution >= 0.6 is 46.4 Å². The molecular weight excluding hydrogens is 2120 g/mol. The molecule has 0 aromatic heterocycles. The van der Waals surface area contributed by atoms with Crippen molar-refractivity contribution >= 4 is 132 Å². The summed E-state index contributed by atoms with van der Waals surface area (Å²) in [5.41, 5.74) is -25.2. The highest BCUT2D eigenvalue weighted by atomic mass is 35.5. The predicted molar refractivity (Wildman–Crippen MR) is 449 cm³/mol. The lowest BCUT2D eigenvalue weighted by molar-refractivity contribution is -0.164. The Morgan fingerprint density at radius 2 is 0.603 bits per heavy atom. The highest BCUT2D eigenvalue weighted by Gasteiger charge is 2.68. The van der Waals surface area contributed by atoms with Crippen LogP contribution < -0.4 is 0 Å². The molecule has 1 aliphatic heterocycles. The molecule has 0 N–H and O–H groups in total. The molecule has 8 aromatic rings. The molecule has 1 saturated heterocycles. The first-order valence-electron chi connectivity index (χ1n) is 38.9. The Morgan fingerprint density at radius 3 is 0.838 bits per heavy atom. The standard InChI is InChI=1S/C24H25ClF5NO6S2.C20H17ClF5NO6S2.2C18H15ClF5NO4S2/c25-16-4-7-19(8-5-16)38(32,33)23(20-13-17(26)6-9-21(20)27)14-18(15-23)31(39(34,35)24(28,29)30)10-12-37-22-3-1-2-11-36-22;1-33-18(28)11-27(35(31,32)20(24,25)26)14-9-19(10-14,16-8-13(22)4-7-17(16)23)34(29,30)15-5-2-12(21)3-6-15;2*1-25(31(28,29)18(22,23)24)13-9-17(10-13,15-8-12(20)4-7-16(15)21)30(26,27)14-5-2-11(19)3-6-14/h4-9,13,18,22H,1-3,10-12,14-15H2;2-8,14H,9-11H2,1H3;2*2-8,13H,9-10H2,1H3.